The second-order valence-electron chi connectivity index (χ2n) is 4.43. The Labute approximate surface area is 151 Å². The minimum atomic E-state index is 0.811. The zero-order chi connectivity index (χ0) is 16.1. The van der Waals surface area contributed by atoms with Gasteiger partial charge in [-0.25, -0.2) is 4.98 Å². The van der Waals surface area contributed by atoms with Gasteiger partial charge >= 0.3 is 0 Å². The molecular weight excluding hydrogens is 366 g/mol. The summed E-state index contributed by atoms with van der Waals surface area (Å²) in [6, 6.07) is 7.99. The molecule has 0 amide bonds. The van der Waals surface area contributed by atoms with Gasteiger partial charge in [-0.1, -0.05) is 53.9 Å². The molecular formula is C15H15N3OS4. The van der Waals surface area contributed by atoms with Crippen LogP contribution >= 0.6 is 46.2 Å². The summed E-state index contributed by atoms with van der Waals surface area (Å²) < 4.78 is 7.30. The van der Waals surface area contributed by atoms with Crippen LogP contribution in [0.4, 0.5) is 0 Å². The van der Waals surface area contributed by atoms with Crippen molar-refractivity contribution in [2.45, 2.75) is 21.4 Å². The molecule has 0 unspecified atom stereocenters. The number of aromatic nitrogens is 3. The van der Waals surface area contributed by atoms with Crippen LogP contribution in [0, 0.1) is 0 Å². The van der Waals surface area contributed by atoms with E-state index in [2.05, 4.69) is 28.6 Å². The molecule has 0 radical (unpaired) electrons. The lowest BCUT2D eigenvalue weighted by molar-refractivity contribution is 0.415. The van der Waals surface area contributed by atoms with Crippen LogP contribution in [0.25, 0.3) is 10.6 Å². The van der Waals surface area contributed by atoms with E-state index in [1.165, 1.54) is 0 Å². The quantitative estimate of drug-likeness (QED) is 0.532. The van der Waals surface area contributed by atoms with Crippen molar-refractivity contribution in [3.8, 4) is 16.3 Å². The third kappa shape index (κ3) is 4.47. The van der Waals surface area contributed by atoms with Crippen molar-refractivity contribution in [2.24, 2.45) is 0 Å². The van der Waals surface area contributed by atoms with Gasteiger partial charge in [-0.3, -0.25) is 0 Å². The lowest BCUT2D eigenvalue weighted by atomic mass is 10.2. The molecule has 2 aromatic heterocycles. The van der Waals surface area contributed by atoms with Crippen molar-refractivity contribution in [3.63, 3.8) is 0 Å². The molecule has 0 spiro atoms. The van der Waals surface area contributed by atoms with Crippen LogP contribution in [0.15, 0.2) is 38.3 Å². The third-order valence-electron chi connectivity index (χ3n) is 2.87. The van der Waals surface area contributed by atoms with Crippen LogP contribution in [0.5, 0.6) is 5.75 Å². The summed E-state index contributed by atoms with van der Waals surface area (Å²) in [5, 5.41) is 11.5. The van der Waals surface area contributed by atoms with Gasteiger partial charge in [0, 0.05) is 16.7 Å². The average Bonchev–Trinajstić information content (AvgIpc) is 3.23. The van der Waals surface area contributed by atoms with Crippen LogP contribution in [0.3, 0.4) is 0 Å². The Balaban J connectivity index is 1.64. The van der Waals surface area contributed by atoms with E-state index < -0.39 is 0 Å². The van der Waals surface area contributed by atoms with E-state index in [-0.39, 0.29) is 0 Å². The van der Waals surface area contributed by atoms with Gasteiger partial charge in [-0.2, -0.15) is 0 Å². The Kier molecular flexibility index (Phi) is 5.93. The second-order valence-corrected chi connectivity index (χ2v) is 9.00. The Hall–Kier alpha value is -1.09. The summed E-state index contributed by atoms with van der Waals surface area (Å²) in [5.41, 5.74) is 2.15. The zero-order valence-corrected chi connectivity index (χ0v) is 15.9. The van der Waals surface area contributed by atoms with Crippen LogP contribution in [0.2, 0.25) is 0 Å². The van der Waals surface area contributed by atoms with Crippen molar-refractivity contribution < 1.29 is 4.74 Å². The molecule has 0 atom stereocenters. The molecule has 0 saturated carbocycles. The number of thiazole rings is 1. The largest absolute Gasteiger partial charge is 0.497 e. The van der Waals surface area contributed by atoms with E-state index in [9.17, 15) is 0 Å². The fraction of sp³-hybridized carbons (Fsp3) is 0.267. The Morgan fingerprint density at radius 1 is 1.17 bits per heavy atom. The van der Waals surface area contributed by atoms with Gasteiger partial charge in [0.1, 0.15) is 10.8 Å². The molecule has 0 aliphatic heterocycles. The zero-order valence-electron chi connectivity index (χ0n) is 12.7. The first-order valence-electron chi connectivity index (χ1n) is 6.96. The molecule has 0 aliphatic carbocycles. The molecule has 1 aromatic carbocycles. The summed E-state index contributed by atoms with van der Waals surface area (Å²) in [5.74, 6) is 2.68. The Morgan fingerprint density at radius 2 is 2.00 bits per heavy atom. The predicted molar refractivity (Wildman–Crippen MR) is 100.0 cm³/mol. The van der Waals surface area contributed by atoms with E-state index in [0.717, 1.165) is 42.2 Å². The number of hydrogen-bond acceptors (Lipinski definition) is 8. The van der Waals surface area contributed by atoms with E-state index in [1.54, 1.807) is 53.3 Å². The first-order valence-corrected chi connectivity index (χ1v) is 10.6. The molecule has 0 fully saturated rings. The van der Waals surface area contributed by atoms with Crippen molar-refractivity contribution in [3.05, 3.63) is 35.3 Å². The summed E-state index contributed by atoms with van der Waals surface area (Å²) in [7, 11) is 1.68. The van der Waals surface area contributed by atoms with Gasteiger partial charge in [-0.15, -0.1) is 21.5 Å². The normalized spacial score (nSPS) is 10.9. The highest BCUT2D eigenvalue weighted by Crippen LogP contribution is 2.32. The maximum absolute atomic E-state index is 5.27. The van der Waals surface area contributed by atoms with E-state index >= 15 is 0 Å². The highest BCUT2D eigenvalue weighted by molar-refractivity contribution is 8.02. The smallest absolute Gasteiger partial charge is 0.175 e. The minimum Gasteiger partial charge on any atom is -0.497 e. The summed E-state index contributed by atoms with van der Waals surface area (Å²) in [4.78, 5) is 4.71. The number of benzene rings is 1. The second kappa shape index (κ2) is 8.14. The van der Waals surface area contributed by atoms with Gasteiger partial charge in [0.2, 0.25) is 0 Å². The first kappa shape index (κ1) is 16.8. The van der Waals surface area contributed by atoms with E-state index in [1.807, 2.05) is 18.2 Å². The number of thioether (sulfide) groups is 2. The van der Waals surface area contributed by atoms with Gasteiger partial charge in [0.05, 0.1) is 12.8 Å². The number of ether oxygens (including phenoxy) is 1. The molecule has 0 saturated heterocycles. The summed E-state index contributed by atoms with van der Waals surface area (Å²) in [6.45, 7) is 2.12. The first-order chi connectivity index (χ1) is 11.3. The molecule has 2 heterocycles. The lowest BCUT2D eigenvalue weighted by Crippen LogP contribution is -1.84. The van der Waals surface area contributed by atoms with Crippen molar-refractivity contribution in [1.82, 2.24) is 15.2 Å². The van der Waals surface area contributed by atoms with Gasteiger partial charge in [0.15, 0.2) is 8.68 Å². The topological polar surface area (TPSA) is 47.9 Å². The SMILES string of the molecule is CCSc1nnc(SCc2csc(-c3cccc(OC)c3)n2)s1. The monoisotopic (exact) mass is 381 g/mol. The minimum absolute atomic E-state index is 0.811. The molecule has 8 heteroatoms. The Bertz CT molecular complexity index is 771. The molecule has 3 aromatic rings. The van der Waals surface area contributed by atoms with E-state index in [0.29, 0.717) is 0 Å². The number of rotatable bonds is 7. The predicted octanol–water partition coefficient (Wildman–Crippen LogP) is 5.07. The van der Waals surface area contributed by atoms with Crippen molar-refractivity contribution in [2.75, 3.05) is 12.9 Å². The maximum Gasteiger partial charge on any atom is 0.175 e. The molecule has 0 bridgehead atoms. The number of hydrogen-bond donors (Lipinski definition) is 0. The van der Waals surface area contributed by atoms with Crippen molar-refractivity contribution in [1.29, 1.82) is 0 Å². The summed E-state index contributed by atoms with van der Waals surface area (Å²) in [6.07, 6.45) is 0. The van der Waals surface area contributed by atoms with Crippen molar-refractivity contribution >= 4 is 46.2 Å². The van der Waals surface area contributed by atoms with E-state index in [4.69, 9.17) is 9.72 Å². The molecule has 23 heavy (non-hydrogen) atoms. The maximum atomic E-state index is 5.27. The lowest BCUT2D eigenvalue weighted by Gasteiger charge is -2.01. The fourth-order valence-corrected chi connectivity index (χ4v) is 5.57. The van der Waals surface area contributed by atoms with Crippen LogP contribution in [-0.4, -0.2) is 28.0 Å². The number of nitrogens with zero attached hydrogens (tertiary/aromatic N) is 3. The third-order valence-corrected chi connectivity index (χ3v) is 6.91. The molecule has 120 valence electrons. The highest BCUT2D eigenvalue weighted by atomic mass is 32.2. The standard InChI is InChI=1S/C15H15N3OS4/c1-3-20-14-17-18-15(23-14)22-9-11-8-21-13(16-11)10-5-4-6-12(7-10)19-2/h4-8H,3,9H2,1-2H3. The van der Waals surface area contributed by atoms with Gasteiger partial charge in [-0.05, 0) is 17.9 Å². The average molecular weight is 382 g/mol. The summed E-state index contributed by atoms with van der Waals surface area (Å²) >= 11 is 6.72. The fourth-order valence-electron chi connectivity index (χ4n) is 1.83. The van der Waals surface area contributed by atoms with Gasteiger partial charge in [0.25, 0.3) is 0 Å². The molecule has 4 nitrogen and oxygen atoms in total. The molecule has 0 aliphatic rings. The molecule has 3 rings (SSSR count). The van der Waals surface area contributed by atoms with Crippen LogP contribution in [-0.2, 0) is 5.75 Å². The number of methoxy groups -OCH3 is 1. The van der Waals surface area contributed by atoms with Crippen LogP contribution < -0.4 is 4.74 Å². The van der Waals surface area contributed by atoms with Crippen LogP contribution in [0.1, 0.15) is 12.6 Å². The highest BCUT2D eigenvalue weighted by Gasteiger charge is 2.09. The van der Waals surface area contributed by atoms with Gasteiger partial charge < -0.3 is 4.74 Å². The molecule has 0 N–H and O–H groups in total. The Morgan fingerprint density at radius 3 is 2.78 bits per heavy atom.